The van der Waals surface area contributed by atoms with Gasteiger partial charge in [0.25, 0.3) is 5.91 Å². The minimum atomic E-state index is -0.660. The van der Waals surface area contributed by atoms with Gasteiger partial charge in [-0.15, -0.1) is 4.80 Å². The van der Waals surface area contributed by atoms with E-state index >= 15 is 0 Å². The molecule has 0 aliphatic carbocycles. The van der Waals surface area contributed by atoms with E-state index in [0.717, 1.165) is 0 Å². The zero-order valence-electron chi connectivity index (χ0n) is 11.3. The van der Waals surface area contributed by atoms with Crippen molar-refractivity contribution in [1.29, 1.82) is 0 Å². The third-order valence-electron chi connectivity index (χ3n) is 2.76. The van der Waals surface area contributed by atoms with Crippen molar-refractivity contribution in [2.24, 2.45) is 5.73 Å². The Bertz CT molecular complexity index is 815. The van der Waals surface area contributed by atoms with Gasteiger partial charge in [0.1, 0.15) is 5.82 Å². The molecule has 0 aliphatic heterocycles. The normalized spacial score (nSPS) is 10.4. The molecule has 3 aromatic heterocycles. The Morgan fingerprint density at radius 2 is 2.00 bits per heavy atom. The summed E-state index contributed by atoms with van der Waals surface area (Å²) in [4.78, 5) is 21.1. The first-order chi connectivity index (χ1) is 10.6. The summed E-state index contributed by atoms with van der Waals surface area (Å²) < 4.78 is 0. The van der Waals surface area contributed by atoms with Crippen LogP contribution in [0.5, 0.6) is 0 Å². The van der Waals surface area contributed by atoms with Crippen molar-refractivity contribution < 1.29 is 4.79 Å². The number of pyridine rings is 2. The van der Waals surface area contributed by atoms with Crippen LogP contribution in [0.15, 0.2) is 42.9 Å². The maximum atomic E-state index is 11.4. The molecule has 3 aromatic rings. The summed E-state index contributed by atoms with van der Waals surface area (Å²) in [6.45, 7) is 0. The number of nitrogen functional groups attached to an aromatic ring is 1. The molecular formula is C13H12N8O. The Hall–Kier alpha value is -3.49. The number of aromatic nitrogens is 5. The van der Waals surface area contributed by atoms with Gasteiger partial charge in [-0.2, -0.15) is 10.2 Å². The molecule has 0 saturated carbocycles. The van der Waals surface area contributed by atoms with Crippen LogP contribution in [-0.2, 0) is 0 Å². The predicted molar refractivity (Wildman–Crippen MR) is 79.6 cm³/mol. The number of nitrogens with two attached hydrogens (primary N) is 2. The minimum absolute atomic E-state index is 0.0821. The van der Waals surface area contributed by atoms with Crippen LogP contribution in [0.1, 0.15) is 10.5 Å². The molecule has 0 spiro atoms. The molecule has 0 aliphatic rings. The Labute approximate surface area is 125 Å². The maximum Gasteiger partial charge on any atom is 0.269 e. The van der Waals surface area contributed by atoms with Crippen LogP contribution in [0.2, 0.25) is 0 Å². The van der Waals surface area contributed by atoms with Gasteiger partial charge in [-0.05, 0) is 18.2 Å². The van der Waals surface area contributed by atoms with E-state index in [1.165, 1.54) is 11.0 Å². The van der Waals surface area contributed by atoms with Gasteiger partial charge in [-0.1, -0.05) is 6.07 Å². The number of carbonyl (C=O) groups excluding carboxylic acids is 1. The van der Waals surface area contributed by atoms with Gasteiger partial charge < -0.3 is 16.8 Å². The van der Waals surface area contributed by atoms with Crippen LogP contribution in [0.4, 0.5) is 17.2 Å². The number of rotatable bonds is 4. The average molecular weight is 296 g/mol. The summed E-state index contributed by atoms with van der Waals surface area (Å²) in [6, 6.07) is 6.81. The average Bonchev–Trinajstić information content (AvgIpc) is 3.01. The van der Waals surface area contributed by atoms with E-state index < -0.39 is 5.91 Å². The maximum absolute atomic E-state index is 11.4. The molecule has 110 valence electrons. The first kappa shape index (κ1) is 13.5. The summed E-state index contributed by atoms with van der Waals surface area (Å²) in [6.07, 6.45) is 4.46. The van der Waals surface area contributed by atoms with Crippen LogP contribution in [0.3, 0.4) is 0 Å². The van der Waals surface area contributed by atoms with E-state index in [0.29, 0.717) is 23.0 Å². The van der Waals surface area contributed by atoms with Gasteiger partial charge in [-0.3, -0.25) is 4.79 Å². The fourth-order valence-corrected chi connectivity index (χ4v) is 1.85. The van der Waals surface area contributed by atoms with Crippen molar-refractivity contribution in [3.63, 3.8) is 0 Å². The molecule has 5 N–H and O–H groups in total. The molecule has 1 amide bonds. The number of amides is 1. The van der Waals surface area contributed by atoms with Gasteiger partial charge in [0, 0.05) is 0 Å². The number of hydrogen-bond acceptors (Lipinski definition) is 7. The predicted octanol–water partition coefficient (Wildman–Crippen LogP) is 0.482. The van der Waals surface area contributed by atoms with Crippen LogP contribution >= 0.6 is 0 Å². The van der Waals surface area contributed by atoms with Gasteiger partial charge >= 0.3 is 0 Å². The molecule has 0 radical (unpaired) electrons. The highest BCUT2D eigenvalue weighted by Gasteiger charge is 2.11. The number of hydrogen-bond donors (Lipinski definition) is 3. The van der Waals surface area contributed by atoms with Crippen molar-refractivity contribution in [3.8, 4) is 5.82 Å². The number of primary amides is 1. The number of nitrogens with one attached hydrogen (secondary N) is 1. The number of carbonyl (C=O) groups is 1. The zero-order valence-corrected chi connectivity index (χ0v) is 11.3. The highest BCUT2D eigenvalue weighted by molar-refractivity contribution is 5.97. The first-order valence-electron chi connectivity index (χ1n) is 6.29. The van der Waals surface area contributed by atoms with Crippen molar-refractivity contribution >= 4 is 23.1 Å². The molecule has 9 heteroatoms. The van der Waals surface area contributed by atoms with E-state index in [1.54, 1.807) is 36.7 Å². The second kappa shape index (κ2) is 5.48. The molecule has 0 bridgehead atoms. The summed E-state index contributed by atoms with van der Waals surface area (Å²) in [5.74, 6) is 0.338. The second-order valence-electron chi connectivity index (χ2n) is 4.35. The van der Waals surface area contributed by atoms with Crippen molar-refractivity contribution in [3.05, 3.63) is 48.5 Å². The van der Waals surface area contributed by atoms with E-state index in [1.807, 2.05) is 0 Å². The Morgan fingerprint density at radius 1 is 1.23 bits per heavy atom. The molecule has 0 unspecified atom stereocenters. The van der Waals surface area contributed by atoms with E-state index in [9.17, 15) is 4.79 Å². The first-order valence-corrected chi connectivity index (χ1v) is 6.29. The smallest absolute Gasteiger partial charge is 0.269 e. The lowest BCUT2D eigenvalue weighted by Crippen LogP contribution is -2.16. The second-order valence-corrected chi connectivity index (χ2v) is 4.35. The zero-order chi connectivity index (χ0) is 15.5. The number of nitrogens with zero attached hydrogens (tertiary/aromatic N) is 5. The van der Waals surface area contributed by atoms with Crippen molar-refractivity contribution in [2.45, 2.75) is 0 Å². The minimum Gasteiger partial charge on any atom is -0.397 e. The molecule has 22 heavy (non-hydrogen) atoms. The highest BCUT2D eigenvalue weighted by Crippen LogP contribution is 2.20. The summed E-state index contributed by atoms with van der Waals surface area (Å²) in [5.41, 5.74) is 11.9. The Balaban J connectivity index is 1.95. The number of anilines is 3. The molecule has 3 heterocycles. The van der Waals surface area contributed by atoms with Crippen molar-refractivity contribution in [1.82, 2.24) is 25.0 Å². The molecule has 0 fully saturated rings. The van der Waals surface area contributed by atoms with Crippen molar-refractivity contribution in [2.75, 3.05) is 11.1 Å². The third-order valence-corrected chi connectivity index (χ3v) is 2.76. The Morgan fingerprint density at radius 3 is 2.73 bits per heavy atom. The van der Waals surface area contributed by atoms with E-state index in [2.05, 4.69) is 25.5 Å². The summed E-state index contributed by atoms with van der Waals surface area (Å²) >= 11 is 0. The van der Waals surface area contributed by atoms with Gasteiger partial charge in [0.2, 0.25) is 0 Å². The summed E-state index contributed by atoms with van der Waals surface area (Å²) in [7, 11) is 0. The molecule has 0 aromatic carbocycles. The highest BCUT2D eigenvalue weighted by atomic mass is 16.1. The van der Waals surface area contributed by atoms with Gasteiger partial charge in [0.15, 0.2) is 11.5 Å². The largest absolute Gasteiger partial charge is 0.397 e. The lowest BCUT2D eigenvalue weighted by atomic mass is 10.2. The third kappa shape index (κ3) is 2.68. The fourth-order valence-electron chi connectivity index (χ4n) is 1.85. The molecule has 3 rings (SSSR count). The molecular weight excluding hydrogens is 284 g/mol. The standard InChI is InChI=1S/C13H12N8O/c14-8-6-9(12(13(15)22)16-7-8)19-10-2-1-3-11(20-10)21-17-4-5-18-21/h1-7H,14H2,(H2,15,22)(H,19,20). The van der Waals surface area contributed by atoms with E-state index in [-0.39, 0.29) is 5.69 Å². The fraction of sp³-hybridized carbons (Fsp3) is 0. The van der Waals surface area contributed by atoms with Crippen LogP contribution in [-0.4, -0.2) is 30.9 Å². The summed E-state index contributed by atoms with van der Waals surface area (Å²) in [5, 5.41) is 11.0. The molecule has 9 nitrogen and oxygen atoms in total. The van der Waals surface area contributed by atoms with E-state index in [4.69, 9.17) is 11.5 Å². The molecule has 0 saturated heterocycles. The lowest BCUT2D eigenvalue weighted by Gasteiger charge is -2.10. The SMILES string of the molecule is NC(=O)c1ncc(N)cc1Nc1cccc(-n2nccn2)n1. The Kier molecular flexibility index (Phi) is 3.36. The van der Waals surface area contributed by atoms with Crippen LogP contribution in [0.25, 0.3) is 5.82 Å². The van der Waals surface area contributed by atoms with Gasteiger partial charge in [0.05, 0.1) is 30.0 Å². The molecule has 0 atom stereocenters. The van der Waals surface area contributed by atoms with Crippen LogP contribution < -0.4 is 16.8 Å². The lowest BCUT2D eigenvalue weighted by molar-refractivity contribution is 0.0996. The monoisotopic (exact) mass is 296 g/mol. The van der Waals surface area contributed by atoms with Gasteiger partial charge in [-0.25, -0.2) is 9.97 Å². The van der Waals surface area contributed by atoms with Crippen LogP contribution in [0, 0.1) is 0 Å². The quantitative estimate of drug-likeness (QED) is 0.636. The topological polar surface area (TPSA) is 138 Å².